The molecule has 0 aliphatic carbocycles. The number of halogens is 1. The van der Waals surface area contributed by atoms with Crippen molar-refractivity contribution in [2.24, 2.45) is 5.92 Å². The molecule has 7 nitrogen and oxygen atoms in total. The van der Waals surface area contributed by atoms with Crippen molar-refractivity contribution in [3.63, 3.8) is 0 Å². The molecule has 2 fully saturated rings. The number of carbonyl (C=O) groups excluding carboxylic acids is 2. The summed E-state index contributed by atoms with van der Waals surface area (Å²) in [5.74, 6) is -0.105. The molecule has 1 aromatic carbocycles. The van der Waals surface area contributed by atoms with Gasteiger partial charge < -0.3 is 19.9 Å². The number of nitrogens with one attached hydrogen (secondary N) is 1. The molecule has 1 N–H and O–H groups in total. The number of rotatable bonds is 4. The number of benzene rings is 1. The molecule has 28 heavy (non-hydrogen) atoms. The van der Waals surface area contributed by atoms with E-state index in [4.69, 9.17) is 10.00 Å². The van der Waals surface area contributed by atoms with Gasteiger partial charge in [0.1, 0.15) is 6.10 Å². The number of likely N-dealkylation sites (tertiary alicyclic amines) is 2. The maximum atomic E-state index is 13.9. The number of hydrogen-bond acceptors (Lipinski definition) is 4. The number of nitrogens with zero attached hydrogens (tertiary/aromatic N) is 3. The molecule has 0 radical (unpaired) electrons. The van der Waals surface area contributed by atoms with Crippen LogP contribution in [-0.4, -0.2) is 61.1 Å². The first-order chi connectivity index (χ1) is 13.5. The number of nitriles is 1. The van der Waals surface area contributed by atoms with Crippen molar-refractivity contribution in [3.8, 4) is 11.8 Å². The highest BCUT2D eigenvalue weighted by Crippen LogP contribution is 2.23. The fourth-order valence-corrected chi connectivity index (χ4v) is 3.55. The van der Waals surface area contributed by atoms with Gasteiger partial charge in [0.05, 0.1) is 11.6 Å². The third kappa shape index (κ3) is 4.91. The second-order valence-corrected chi connectivity index (χ2v) is 7.42. The quantitative estimate of drug-likeness (QED) is 0.856. The topological polar surface area (TPSA) is 85.7 Å². The third-order valence-corrected chi connectivity index (χ3v) is 5.39. The van der Waals surface area contributed by atoms with Crippen molar-refractivity contribution in [2.45, 2.75) is 31.8 Å². The summed E-state index contributed by atoms with van der Waals surface area (Å²) < 4.78 is 19.7. The largest absolute Gasteiger partial charge is 0.487 e. The normalized spacial score (nSPS) is 20.6. The van der Waals surface area contributed by atoms with Crippen LogP contribution in [0, 0.1) is 23.1 Å². The molecule has 2 heterocycles. The lowest BCUT2D eigenvalue weighted by molar-refractivity contribution is -0.133. The minimum Gasteiger partial charge on any atom is -0.487 e. The lowest BCUT2D eigenvalue weighted by Crippen LogP contribution is -2.48. The Morgan fingerprint density at radius 1 is 1.32 bits per heavy atom. The fourth-order valence-electron chi connectivity index (χ4n) is 3.55. The molecule has 0 aromatic heterocycles. The van der Waals surface area contributed by atoms with E-state index in [1.807, 2.05) is 6.07 Å². The summed E-state index contributed by atoms with van der Waals surface area (Å²) in [7, 11) is 1.80. The Hall–Kier alpha value is -2.82. The van der Waals surface area contributed by atoms with Crippen LogP contribution >= 0.6 is 0 Å². The summed E-state index contributed by atoms with van der Waals surface area (Å²) in [4.78, 5) is 27.6. The van der Waals surface area contributed by atoms with Gasteiger partial charge in [0, 0.05) is 52.5 Å². The van der Waals surface area contributed by atoms with Crippen LogP contribution in [0.5, 0.6) is 5.75 Å². The van der Waals surface area contributed by atoms with Gasteiger partial charge in [0.2, 0.25) is 5.91 Å². The van der Waals surface area contributed by atoms with Gasteiger partial charge in [0.25, 0.3) is 0 Å². The molecule has 1 atom stereocenters. The van der Waals surface area contributed by atoms with Crippen LogP contribution in [0.3, 0.4) is 0 Å². The molecule has 150 valence electrons. The standard InChI is InChI=1S/C20H25FN4O3/c1-24-7-4-15(11-19(24)26)13-23-20(27)25-8-5-16(6-9-25)28-18-3-2-14(12-22)10-17(18)21/h2-3,10,15-16H,4-9,11,13H2,1H3,(H,23,27). The minimum atomic E-state index is -0.549. The first-order valence-electron chi connectivity index (χ1n) is 9.59. The van der Waals surface area contributed by atoms with E-state index >= 15 is 0 Å². The van der Waals surface area contributed by atoms with Gasteiger partial charge in [-0.25, -0.2) is 9.18 Å². The number of ether oxygens (including phenoxy) is 1. The molecule has 1 unspecified atom stereocenters. The zero-order chi connectivity index (χ0) is 20.1. The second-order valence-electron chi connectivity index (χ2n) is 7.42. The smallest absolute Gasteiger partial charge is 0.317 e. The summed E-state index contributed by atoms with van der Waals surface area (Å²) in [5.41, 5.74) is 0.252. The van der Waals surface area contributed by atoms with Crippen molar-refractivity contribution >= 4 is 11.9 Å². The van der Waals surface area contributed by atoms with Gasteiger partial charge in [-0.3, -0.25) is 4.79 Å². The molecule has 2 aliphatic heterocycles. The van der Waals surface area contributed by atoms with E-state index in [2.05, 4.69) is 5.32 Å². The minimum absolute atomic E-state index is 0.124. The van der Waals surface area contributed by atoms with Gasteiger partial charge >= 0.3 is 6.03 Å². The molecule has 8 heteroatoms. The fraction of sp³-hybridized carbons (Fsp3) is 0.550. The highest BCUT2D eigenvalue weighted by molar-refractivity contribution is 5.77. The predicted octanol–water partition coefficient (Wildman–Crippen LogP) is 2.12. The van der Waals surface area contributed by atoms with Gasteiger partial charge in [-0.1, -0.05) is 0 Å². The Morgan fingerprint density at radius 2 is 2.07 bits per heavy atom. The Bertz CT molecular complexity index is 771. The van der Waals surface area contributed by atoms with Crippen LogP contribution in [0.2, 0.25) is 0 Å². The molecular weight excluding hydrogens is 363 g/mol. The molecule has 3 amide bonds. The summed E-state index contributed by atoms with van der Waals surface area (Å²) in [6.07, 6.45) is 2.43. The van der Waals surface area contributed by atoms with E-state index in [-0.39, 0.29) is 35.3 Å². The van der Waals surface area contributed by atoms with Crippen LogP contribution in [-0.2, 0) is 4.79 Å². The van der Waals surface area contributed by atoms with E-state index in [1.54, 1.807) is 16.8 Å². The summed E-state index contributed by atoms with van der Waals surface area (Å²) in [6.45, 7) is 2.29. The maximum absolute atomic E-state index is 13.9. The van der Waals surface area contributed by atoms with Crippen molar-refractivity contribution in [1.29, 1.82) is 5.26 Å². The van der Waals surface area contributed by atoms with Crippen LogP contribution in [0.4, 0.5) is 9.18 Å². The predicted molar refractivity (Wildman–Crippen MR) is 100 cm³/mol. The van der Waals surface area contributed by atoms with Crippen LogP contribution < -0.4 is 10.1 Å². The zero-order valence-corrected chi connectivity index (χ0v) is 16.0. The van der Waals surface area contributed by atoms with Crippen LogP contribution in [0.1, 0.15) is 31.2 Å². The Labute approximate surface area is 164 Å². The molecule has 1 aromatic rings. The van der Waals surface area contributed by atoms with Crippen molar-refractivity contribution in [2.75, 3.05) is 33.2 Å². The first-order valence-corrected chi connectivity index (χ1v) is 9.59. The molecule has 0 saturated carbocycles. The number of urea groups is 1. The second kappa shape index (κ2) is 8.91. The zero-order valence-electron chi connectivity index (χ0n) is 16.0. The Morgan fingerprint density at radius 3 is 2.71 bits per heavy atom. The molecule has 0 spiro atoms. The molecule has 2 aliphatic rings. The summed E-state index contributed by atoms with van der Waals surface area (Å²) >= 11 is 0. The van der Waals surface area contributed by atoms with E-state index in [1.165, 1.54) is 12.1 Å². The Balaban J connectivity index is 1.42. The SMILES string of the molecule is CN1CCC(CNC(=O)N2CCC(Oc3ccc(C#N)cc3F)CC2)CC1=O. The molecular formula is C20H25FN4O3. The highest BCUT2D eigenvalue weighted by Gasteiger charge is 2.27. The molecule has 0 bridgehead atoms. The van der Waals surface area contributed by atoms with Gasteiger partial charge in [-0.2, -0.15) is 5.26 Å². The number of hydrogen-bond donors (Lipinski definition) is 1. The average molecular weight is 388 g/mol. The Kier molecular flexibility index (Phi) is 6.34. The summed E-state index contributed by atoms with van der Waals surface area (Å²) in [5, 5.41) is 11.7. The van der Waals surface area contributed by atoms with Crippen LogP contribution in [0.15, 0.2) is 18.2 Å². The highest BCUT2D eigenvalue weighted by atomic mass is 19.1. The van der Waals surface area contributed by atoms with E-state index < -0.39 is 5.82 Å². The maximum Gasteiger partial charge on any atom is 0.317 e. The van der Waals surface area contributed by atoms with Crippen molar-refractivity contribution in [1.82, 2.24) is 15.1 Å². The van der Waals surface area contributed by atoms with E-state index in [0.29, 0.717) is 38.9 Å². The van der Waals surface area contributed by atoms with Gasteiger partial charge in [-0.15, -0.1) is 0 Å². The average Bonchev–Trinajstić information content (AvgIpc) is 2.70. The lowest BCUT2D eigenvalue weighted by atomic mass is 9.96. The number of piperidine rings is 2. The number of carbonyl (C=O) groups is 2. The number of amides is 3. The van der Waals surface area contributed by atoms with Crippen molar-refractivity contribution < 1.29 is 18.7 Å². The van der Waals surface area contributed by atoms with Crippen LogP contribution in [0.25, 0.3) is 0 Å². The summed E-state index contributed by atoms with van der Waals surface area (Å²) in [6, 6.07) is 5.91. The molecule has 3 rings (SSSR count). The van der Waals surface area contributed by atoms with E-state index in [9.17, 15) is 14.0 Å². The van der Waals surface area contributed by atoms with Gasteiger partial charge in [0.15, 0.2) is 11.6 Å². The first kappa shape index (κ1) is 19.9. The van der Waals surface area contributed by atoms with Gasteiger partial charge in [-0.05, 0) is 30.5 Å². The lowest BCUT2D eigenvalue weighted by Gasteiger charge is -2.33. The van der Waals surface area contributed by atoms with Crippen molar-refractivity contribution in [3.05, 3.63) is 29.6 Å². The third-order valence-electron chi connectivity index (χ3n) is 5.39. The molecule has 2 saturated heterocycles. The monoisotopic (exact) mass is 388 g/mol. The van der Waals surface area contributed by atoms with E-state index in [0.717, 1.165) is 19.0 Å².